The van der Waals surface area contributed by atoms with Crippen molar-refractivity contribution in [1.82, 2.24) is 15.5 Å². The van der Waals surface area contributed by atoms with Gasteiger partial charge in [0.25, 0.3) is 0 Å². The van der Waals surface area contributed by atoms with Crippen LogP contribution in [0.25, 0.3) is 0 Å². The molecule has 0 radical (unpaired) electrons. The SMILES string of the molecule is CC1(CNC(=O)Nc2nnc(C3CCOCC3)s2)OCCc2sccc21. The Balaban J connectivity index is 1.33. The number of carbonyl (C=O) groups excluding carboxylic acids is 1. The molecule has 0 bridgehead atoms. The lowest BCUT2D eigenvalue weighted by Crippen LogP contribution is -2.44. The van der Waals surface area contributed by atoms with Gasteiger partial charge in [0, 0.05) is 30.4 Å². The van der Waals surface area contributed by atoms with E-state index in [1.54, 1.807) is 11.3 Å². The number of nitrogens with one attached hydrogen (secondary N) is 2. The van der Waals surface area contributed by atoms with Gasteiger partial charge in [-0.15, -0.1) is 21.5 Å². The van der Waals surface area contributed by atoms with Crippen molar-refractivity contribution in [3.8, 4) is 0 Å². The summed E-state index contributed by atoms with van der Waals surface area (Å²) >= 11 is 3.19. The van der Waals surface area contributed by atoms with Crippen molar-refractivity contribution in [2.24, 2.45) is 0 Å². The molecule has 2 aliphatic rings. The van der Waals surface area contributed by atoms with Gasteiger partial charge in [0.05, 0.1) is 13.2 Å². The molecule has 2 amide bonds. The second-order valence-electron chi connectivity index (χ2n) is 6.73. The first-order valence-corrected chi connectivity index (χ1v) is 10.5. The fourth-order valence-electron chi connectivity index (χ4n) is 3.38. The second kappa shape index (κ2) is 7.59. The monoisotopic (exact) mass is 394 g/mol. The van der Waals surface area contributed by atoms with E-state index in [2.05, 4.69) is 32.3 Å². The highest BCUT2D eigenvalue weighted by Crippen LogP contribution is 2.35. The number of anilines is 1. The summed E-state index contributed by atoms with van der Waals surface area (Å²) < 4.78 is 11.3. The summed E-state index contributed by atoms with van der Waals surface area (Å²) in [6, 6.07) is 1.80. The third kappa shape index (κ3) is 3.75. The number of ether oxygens (including phenoxy) is 2. The van der Waals surface area contributed by atoms with E-state index in [1.807, 2.05) is 6.92 Å². The van der Waals surface area contributed by atoms with Crippen LogP contribution in [0.2, 0.25) is 0 Å². The lowest BCUT2D eigenvalue weighted by atomic mass is 9.93. The smallest absolute Gasteiger partial charge is 0.321 e. The van der Waals surface area contributed by atoms with Gasteiger partial charge in [-0.25, -0.2) is 4.79 Å². The Morgan fingerprint density at radius 3 is 3.04 bits per heavy atom. The largest absolute Gasteiger partial charge is 0.381 e. The number of thiophene rings is 1. The molecule has 4 heterocycles. The average molecular weight is 395 g/mol. The molecule has 140 valence electrons. The van der Waals surface area contributed by atoms with Crippen molar-refractivity contribution in [3.05, 3.63) is 26.9 Å². The van der Waals surface area contributed by atoms with Crippen LogP contribution < -0.4 is 10.6 Å². The summed E-state index contributed by atoms with van der Waals surface area (Å²) in [7, 11) is 0. The third-order valence-electron chi connectivity index (χ3n) is 4.88. The molecule has 1 atom stereocenters. The first-order chi connectivity index (χ1) is 12.6. The molecule has 26 heavy (non-hydrogen) atoms. The van der Waals surface area contributed by atoms with E-state index >= 15 is 0 Å². The van der Waals surface area contributed by atoms with Crippen LogP contribution >= 0.6 is 22.7 Å². The Labute approximate surface area is 160 Å². The summed E-state index contributed by atoms with van der Waals surface area (Å²) in [6.07, 6.45) is 2.85. The van der Waals surface area contributed by atoms with Crippen LogP contribution in [0.15, 0.2) is 11.4 Å². The van der Waals surface area contributed by atoms with Gasteiger partial charge >= 0.3 is 6.03 Å². The number of hydrogen-bond acceptors (Lipinski definition) is 7. The van der Waals surface area contributed by atoms with Crippen LogP contribution in [0.1, 0.15) is 41.1 Å². The standard InChI is InChI=1S/C17H22N4O3S2/c1-17(12-5-9-25-13(12)4-8-24-17)10-18-15(22)19-16-21-20-14(26-16)11-2-6-23-7-3-11/h5,9,11H,2-4,6-8,10H2,1H3,(H2,18,19,21,22). The van der Waals surface area contributed by atoms with Gasteiger partial charge in [-0.3, -0.25) is 5.32 Å². The van der Waals surface area contributed by atoms with Gasteiger partial charge in [-0.1, -0.05) is 11.3 Å². The first-order valence-electron chi connectivity index (χ1n) is 8.81. The first kappa shape index (κ1) is 17.8. The van der Waals surface area contributed by atoms with Crippen molar-refractivity contribution in [2.75, 3.05) is 31.7 Å². The number of carbonyl (C=O) groups is 1. The lowest BCUT2D eigenvalue weighted by molar-refractivity contribution is -0.0416. The predicted molar refractivity (Wildman–Crippen MR) is 101 cm³/mol. The van der Waals surface area contributed by atoms with Gasteiger partial charge < -0.3 is 14.8 Å². The Morgan fingerprint density at radius 1 is 1.35 bits per heavy atom. The van der Waals surface area contributed by atoms with E-state index in [-0.39, 0.29) is 6.03 Å². The van der Waals surface area contributed by atoms with Gasteiger partial charge in [-0.05, 0) is 36.8 Å². The number of fused-ring (bicyclic) bond motifs is 1. The van der Waals surface area contributed by atoms with Crippen molar-refractivity contribution in [2.45, 2.75) is 37.7 Å². The van der Waals surface area contributed by atoms with E-state index in [0.29, 0.717) is 24.2 Å². The molecular weight excluding hydrogens is 372 g/mol. The minimum Gasteiger partial charge on any atom is -0.381 e. The number of nitrogens with zero attached hydrogens (tertiary/aromatic N) is 2. The number of rotatable bonds is 4. The molecule has 2 aromatic heterocycles. The Kier molecular flexibility index (Phi) is 5.21. The molecule has 2 aromatic rings. The Hall–Kier alpha value is -1.55. The zero-order chi connectivity index (χ0) is 18.0. The number of hydrogen-bond donors (Lipinski definition) is 2. The summed E-state index contributed by atoms with van der Waals surface area (Å²) in [5.74, 6) is 0.381. The molecular formula is C17H22N4O3S2. The quantitative estimate of drug-likeness (QED) is 0.832. The molecule has 1 unspecified atom stereocenters. The second-order valence-corrected chi connectivity index (χ2v) is 8.74. The molecule has 1 saturated heterocycles. The maximum absolute atomic E-state index is 12.3. The van der Waals surface area contributed by atoms with Gasteiger partial charge in [0.15, 0.2) is 0 Å². The predicted octanol–water partition coefficient (Wildman–Crippen LogP) is 3.10. The van der Waals surface area contributed by atoms with E-state index in [9.17, 15) is 4.79 Å². The number of urea groups is 1. The van der Waals surface area contributed by atoms with E-state index in [1.165, 1.54) is 21.8 Å². The summed E-state index contributed by atoms with van der Waals surface area (Å²) in [5, 5.41) is 17.6. The number of amides is 2. The van der Waals surface area contributed by atoms with Crippen LogP contribution in [0, 0.1) is 0 Å². The molecule has 2 N–H and O–H groups in total. The average Bonchev–Trinajstić information content (AvgIpc) is 3.31. The molecule has 0 aliphatic carbocycles. The fraction of sp³-hybridized carbons (Fsp3) is 0.588. The highest BCUT2D eigenvalue weighted by atomic mass is 32.1. The van der Waals surface area contributed by atoms with Gasteiger partial charge in [0.2, 0.25) is 5.13 Å². The molecule has 0 spiro atoms. The zero-order valence-corrected chi connectivity index (χ0v) is 16.3. The molecule has 1 fully saturated rings. The Bertz CT molecular complexity index is 772. The van der Waals surface area contributed by atoms with Crippen molar-refractivity contribution in [1.29, 1.82) is 0 Å². The highest BCUT2D eigenvalue weighted by molar-refractivity contribution is 7.15. The minimum absolute atomic E-state index is 0.285. The maximum atomic E-state index is 12.3. The molecule has 0 saturated carbocycles. The maximum Gasteiger partial charge on any atom is 0.321 e. The third-order valence-corrected chi connectivity index (χ3v) is 6.86. The van der Waals surface area contributed by atoms with Crippen molar-refractivity contribution in [3.63, 3.8) is 0 Å². The molecule has 2 aliphatic heterocycles. The van der Waals surface area contributed by atoms with Crippen LogP contribution in [0.3, 0.4) is 0 Å². The topological polar surface area (TPSA) is 85.4 Å². The summed E-state index contributed by atoms with van der Waals surface area (Å²) in [4.78, 5) is 13.6. The van der Waals surface area contributed by atoms with Crippen molar-refractivity contribution < 1.29 is 14.3 Å². The normalized spacial score (nSPS) is 23.4. The Morgan fingerprint density at radius 2 is 2.19 bits per heavy atom. The highest BCUT2D eigenvalue weighted by Gasteiger charge is 2.34. The lowest BCUT2D eigenvalue weighted by Gasteiger charge is -2.34. The molecule has 9 heteroatoms. The van der Waals surface area contributed by atoms with Gasteiger partial charge in [0.1, 0.15) is 10.6 Å². The van der Waals surface area contributed by atoms with E-state index in [0.717, 1.165) is 37.5 Å². The summed E-state index contributed by atoms with van der Waals surface area (Å²) in [5.41, 5.74) is 0.686. The minimum atomic E-state index is -0.487. The fourth-order valence-corrected chi connectivity index (χ4v) is 5.27. The van der Waals surface area contributed by atoms with Crippen LogP contribution in [-0.4, -0.2) is 42.6 Å². The van der Waals surface area contributed by atoms with Crippen LogP contribution in [0.4, 0.5) is 9.93 Å². The van der Waals surface area contributed by atoms with E-state index in [4.69, 9.17) is 9.47 Å². The van der Waals surface area contributed by atoms with E-state index < -0.39 is 5.60 Å². The molecule has 0 aromatic carbocycles. The van der Waals surface area contributed by atoms with Crippen molar-refractivity contribution >= 4 is 33.8 Å². The summed E-state index contributed by atoms with van der Waals surface area (Å²) in [6.45, 7) is 4.63. The molecule has 7 nitrogen and oxygen atoms in total. The van der Waals surface area contributed by atoms with Crippen LogP contribution in [-0.2, 0) is 21.5 Å². The number of aromatic nitrogens is 2. The van der Waals surface area contributed by atoms with Gasteiger partial charge in [-0.2, -0.15) is 0 Å². The zero-order valence-electron chi connectivity index (χ0n) is 14.6. The van der Waals surface area contributed by atoms with Crippen LogP contribution in [0.5, 0.6) is 0 Å². The molecule has 4 rings (SSSR count).